The first-order valence-corrected chi connectivity index (χ1v) is 9.86. The van der Waals surface area contributed by atoms with Crippen molar-refractivity contribution in [3.8, 4) is 0 Å². The normalized spacial score (nSPS) is 12.2. The van der Waals surface area contributed by atoms with Crippen molar-refractivity contribution in [3.63, 3.8) is 0 Å². The quantitative estimate of drug-likeness (QED) is 0.228. The van der Waals surface area contributed by atoms with Crippen molar-refractivity contribution >= 4 is 5.91 Å². The molecule has 0 atom stereocenters. The summed E-state index contributed by atoms with van der Waals surface area (Å²) >= 11 is 0. The fourth-order valence-corrected chi connectivity index (χ4v) is 2.39. The Hall–Kier alpha value is -1.61. The second-order valence-electron chi connectivity index (χ2n) is 6.19. The molecule has 0 saturated carbocycles. The molecule has 1 amide bonds. The zero-order valence-corrected chi connectivity index (χ0v) is 16.0. The Morgan fingerprint density at radius 3 is 2.00 bits per heavy atom. The molecular formula is C22H37NO2. The lowest BCUT2D eigenvalue weighted by Crippen LogP contribution is -2.24. The molecule has 3 nitrogen and oxygen atoms in total. The molecule has 0 fully saturated rings. The van der Waals surface area contributed by atoms with Crippen LogP contribution < -0.4 is 5.32 Å². The lowest BCUT2D eigenvalue weighted by atomic mass is 10.1. The van der Waals surface area contributed by atoms with Crippen LogP contribution in [0.25, 0.3) is 0 Å². The number of hydrogen-bond donors (Lipinski definition) is 2. The average molecular weight is 348 g/mol. The molecular weight excluding hydrogens is 310 g/mol. The summed E-state index contributed by atoms with van der Waals surface area (Å²) in [5, 5.41) is 11.1. The van der Waals surface area contributed by atoms with Crippen molar-refractivity contribution in [2.75, 3.05) is 13.2 Å². The van der Waals surface area contributed by atoms with Crippen LogP contribution in [0.4, 0.5) is 0 Å². The lowest BCUT2D eigenvalue weighted by Gasteiger charge is -2.00. The minimum atomic E-state index is -0.191. The van der Waals surface area contributed by atoms with Gasteiger partial charge < -0.3 is 10.4 Å². The summed E-state index contributed by atoms with van der Waals surface area (Å²) in [4.78, 5) is 11.2. The van der Waals surface area contributed by atoms with Gasteiger partial charge in [0.1, 0.15) is 0 Å². The van der Waals surface area contributed by atoms with Gasteiger partial charge in [0, 0.05) is 12.6 Å². The van der Waals surface area contributed by atoms with Crippen LogP contribution in [0.1, 0.15) is 71.1 Å². The molecule has 0 saturated heterocycles. The average Bonchev–Trinajstić information content (AvgIpc) is 2.62. The molecule has 2 N–H and O–H groups in total. The van der Waals surface area contributed by atoms with Crippen molar-refractivity contribution in [2.24, 2.45) is 0 Å². The van der Waals surface area contributed by atoms with E-state index in [1.807, 2.05) is 24.3 Å². The minimum absolute atomic E-state index is 0.0382. The van der Waals surface area contributed by atoms with Gasteiger partial charge in [0.15, 0.2) is 0 Å². The highest BCUT2D eigenvalue weighted by Crippen LogP contribution is 2.10. The summed E-state index contributed by atoms with van der Waals surface area (Å²) in [7, 11) is 0. The summed E-state index contributed by atoms with van der Waals surface area (Å²) in [6.07, 6.45) is 28.5. The number of unbranched alkanes of at least 4 members (excludes halogenated alkanes) is 9. The van der Waals surface area contributed by atoms with Crippen LogP contribution >= 0.6 is 0 Å². The van der Waals surface area contributed by atoms with Gasteiger partial charge in [-0.3, -0.25) is 4.79 Å². The zero-order chi connectivity index (χ0) is 18.4. The molecule has 0 spiro atoms. The second-order valence-corrected chi connectivity index (χ2v) is 6.19. The highest BCUT2D eigenvalue weighted by Gasteiger charge is 1.91. The lowest BCUT2D eigenvalue weighted by molar-refractivity contribution is -0.116. The number of carbonyl (C=O) groups excluding carboxylic acids is 1. The van der Waals surface area contributed by atoms with E-state index in [1.165, 1.54) is 63.9 Å². The highest BCUT2D eigenvalue weighted by molar-refractivity contribution is 5.87. The third-order valence-corrected chi connectivity index (χ3v) is 3.82. The largest absolute Gasteiger partial charge is 0.395 e. The van der Waals surface area contributed by atoms with E-state index < -0.39 is 0 Å². The summed E-state index contributed by atoms with van der Waals surface area (Å²) in [5.41, 5.74) is 0. The first kappa shape index (κ1) is 23.4. The Labute approximate surface area is 154 Å². The predicted octanol–water partition coefficient (Wildman–Crippen LogP) is 5.24. The third-order valence-electron chi connectivity index (χ3n) is 3.82. The highest BCUT2D eigenvalue weighted by atomic mass is 16.3. The zero-order valence-electron chi connectivity index (χ0n) is 16.0. The second kappa shape index (κ2) is 20.4. The molecule has 0 heterocycles. The summed E-state index contributed by atoms with van der Waals surface area (Å²) in [5.74, 6) is -0.191. The number of aliphatic hydroxyl groups is 1. The summed E-state index contributed by atoms with van der Waals surface area (Å²) in [6.45, 7) is 2.51. The topological polar surface area (TPSA) is 49.3 Å². The maximum atomic E-state index is 11.2. The van der Waals surface area contributed by atoms with Gasteiger partial charge >= 0.3 is 0 Å². The first-order chi connectivity index (χ1) is 12.3. The molecule has 0 aliphatic heterocycles. The van der Waals surface area contributed by atoms with Crippen molar-refractivity contribution in [2.45, 2.75) is 71.1 Å². The molecule has 0 bridgehead atoms. The monoisotopic (exact) mass is 347 g/mol. The van der Waals surface area contributed by atoms with Gasteiger partial charge in [0.25, 0.3) is 0 Å². The van der Waals surface area contributed by atoms with Gasteiger partial charge in [-0.25, -0.2) is 0 Å². The Kier molecular flexibility index (Phi) is 19.1. The number of carbonyl (C=O) groups is 1. The Morgan fingerprint density at radius 1 is 0.800 bits per heavy atom. The van der Waals surface area contributed by atoms with E-state index in [1.54, 1.807) is 6.08 Å². The molecule has 0 rings (SSSR count). The molecule has 0 aromatic heterocycles. The Morgan fingerprint density at radius 2 is 1.36 bits per heavy atom. The van der Waals surface area contributed by atoms with Crippen molar-refractivity contribution in [1.82, 2.24) is 5.32 Å². The number of rotatable bonds is 16. The van der Waals surface area contributed by atoms with Crippen LogP contribution in [0.3, 0.4) is 0 Å². The number of allylic oxidation sites excluding steroid dienone is 7. The maximum Gasteiger partial charge on any atom is 0.244 e. The van der Waals surface area contributed by atoms with E-state index in [0.717, 1.165) is 6.42 Å². The van der Waals surface area contributed by atoms with Crippen LogP contribution in [-0.2, 0) is 4.79 Å². The van der Waals surface area contributed by atoms with E-state index in [9.17, 15) is 4.79 Å². The Balaban J connectivity index is 3.46. The van der Waals surface area contributed by atoms with E-state index in [4.69, 9.17) is 5.11 Å². The number of aliphatic hydroxyl groups excluding tert-OH is 1. The fourth-order valence-electron chi connectivity index (χ4n) is 2.39. The van der Waals surface area contributed by atoms with Gasteiger partial charge in [-0.05, 0) is 12.8 Å². The van der Waals surface area contributed by atoms with Gasteiger partial charge in [-0.15, -0.1) is 0 Å². The molecule has 142 valence electrons. The minimum Gasteiger partial charge on any atom is -0.395 e. The first-order valence-electron chi connectivity index (χ1n) is 9.86. The predicted molar refractivity (Wildman–Crippen MR) is 108 cm³/mol. The van der Waals surface area contributed by atoms with Crippen LogP contribution in [0.15, 0.2) is 48.6 Å². The molecule has 0 aromatic carbocycles. The van der Waals surface area contributed by atoms with Gasteiger partial charge in [0.05, 0.1) is 6.61 Å². The number of hydrogen-bond acceptors (Lipinski definition) is 2. The van der Waals surface area contributed by atoms with Gasteiger partial charge in [0.2, 0.25) is 5.91 Å². The van der Waals surface area contributed by atoms with Crippen molar-refractivity contribution < 1.29 is 9.90 Å². The van der Waals surface area contributed by atoms with Crippen LogP contribution in [0, 0.1) is 0 Å². The van der Waals surface area contributed by atoms with Gasteiger partial charge in [-0.1, -0.05) is 101 Å². The van der Waals surface area contributed by atoms with Crippen LogP contribution in [0.2, 0.25) is 0 Å². The molecule has 0 aromatic rings. The number of nitrogens with one attached hydrogen (secondary N) is 1. The molecule has 0 radical (unpaired) electrons. The number of amides is 1. The molecule has 0 aliphatic carbocycles. The molecule has 0 aliphatic rings. The fraction of sp³-hybridized carbons (Fsp3) is 0.591. The van der Waals surface area contributed by atoms with Crippen molar-refractivity contribution in [3.05, 3.63) is 48.6 Å². The van der Waals surface area contributed by atoms with E-state index >= 15 is 0 Å². The summed E-state index contributed by atoms with van der Waals surface area (Å²) in [6, 6.07) is 0. The van der Waals surface area contributed by atoms with Crippen LogP contribution in [0.5, 0.6) is 0 Å². The van der Waals surface area contributed by atoms with Gasteiger partial charge in [-0.2, -0.15) is 0 Å². The maximum absolute atomic E-state index is 11.2. The Bertz CT molecular complexity index is 408. The SMILES string of the molecule is CCCCCCCCCCC\C=C/C=C/C=C\C=C\C(=O)NCCO. The van der Waals surface area contributed by atoms with Crippen LogP contribution in [-0.4, -0.2) is 24.2 Å². The third kappa shape index (κ3) is 20.3. The van der Waals surface area contributed by atoms with E-state index in [2.05, 4.69) is 24.4 Å². The van der Waals surface area contributed by atoms with E-state index in [0.29, 0.717) is 0 Å². The van der Waals surface area contributed by atoms with Crippen molar-refractivity contribution in [1.29, 1.82) is 0 Å². The summed E-state index contributed by atoms with van der Waals surface area (Å²) < 4.78 is 0. The molecule has 3 heteroatoms. The standard InChI is InChI=1S/C22H37NO2/c1-2-3-4-5-6-7-8-9-10-11-12-13-14-15-16-17-18-19-22(25)23-20-21-24/h12-19,24H,2-11,20-21H2,1H3,(H,23,25)/b13-12-,15-14+,17-16-,19-18+. The van der Waals surface area contributed by atoms with E-state index in [-0.39, 0.29) is 19.1 Å². The molecule has 25 heavy (non-hydrogen) atoms. The smallest absolute Gasteiger partial charge is 0.244 e. The molecule has 0 unspecified atom stereocenters.